The molecule has 3 aliphatic heterocycles. The highest BCUT2D eigenvalue weighted by molar-refractivity contribution is 9.10. The first-order valence-electron chi connectivity index (χ1n) is 13.5. The number of amides is 3. The molecule has 0 aromatic heterocycles. The topological polar surface area (TPSA) is 87.7 Å². The second-order valence-corrected chi connectivity index (χ2v) is 12.6. The third-order valence-corrected chi connectivity index (χ3v) is 9.42. The molecular formula is C31H28BrCl2N3O4. The molecule has 0 aliphatic carbocycles. The maximum atomic E-state index is 14.3. The van der Waals surface area contributed by atoms with E-state index in [1.165, 1.54) is 0 Å². The Kier molecular flexibility index (Phi) is 7.51. The number of ether oxygens (including phenoxy) is 1. The van der Waals surface area contributed by atoms with E-state index in [9.17, 15) is 14.4 Å². The van der Waals surface area contributed by atoms with Crippen molar-refractivity contribution >= 4 is 62.5 Å². The van der Waals surface area contributed by atoms with Crippen molar-refractivity contribution in [2.75, 3.05) is 18.4 Å². The minimum Gasteiger partial charge on any atom is -0.490 e. The molecule has 7 nitrogen and oxygen atoms in total. The van der Waals surface area contributed by atoms with E-state index >= 15 is 0 Å². The van der Waals surface area contributed by atoms with Gasteiger partial charge in [-0.15, -0.1) is 0 Å². The number of carbonyl (C=O) groups is 3. The van der Waals surface area contributed by atoms with Gasteiger partial charge in [0.15, 0.2) is 0 Å². The van der Waals surface area contributed by atoms with Gasteiger partial charge in [0.25, 0.3) is 0 Å². The summed E-state index contributed by atoms with van der Waals surface area (Å²) in [6.07, 6.45) is 1.35. The summed E-state index contributed by atoms with van der Waals surface area (Å²) in [5.74, 6) is -0.311. The smallest absolute Gasteiger partial charge is 0.238 e. The lowest BCUT2D eigenvalue weighted by Gasteiger charge is -2.47. The quantitative estimate of drug-likeness (QED) is 0.341. The van der Waals surface area contributed by atoms with Gasteiger partial charge in [-0.05, 0) is 53.6 Å². The minimum atomic E-state index is -1.21. The van der Waals surface area contributed by atoms with E-state index in [4.69, 9.17) is 27.9 Å². The molecule has 3 unspecified atom stereocenters. The predicted octanol–water partition coefficient (Wildman–Crippen LogP) is 6.38. The molecule has 0 radical (unpaired) electrons. The number of fused-ring (bicyclic) bond motifs is 2. The average molecular weight is 657 g/mol. The number of hydrogen-bond acceptors (Lipinski definition) is 4. The molecule has 0 saturated carbocycles. The minimum absolute atomic E-state index is 0.0565. The molecule has 2 N–H and O–H groups in total. The van der Waals surface area contributed by atoms with Gasteiger partial charge in [0.05, 0.1) is 6.04 Å². The Bertz CT molecular complexity index is 1560. The molecule has 10 heteroatoms. The Balaban J connectivity index is 1.50. The van der Waals surface area contributed by atoms with Gasteiger partial charge in [-0.3, -0.25) is 14.4 Å². The van der Waals surface area contributed by atoms with E-state index in [1.54, 1.807) is 31.2 Å². The monoisotopic (exact) mass is 655 g/mol. The number of likely N-dealkylation sites (tertiary alicyclic amines) is 1. The van der Waals surface area contributed by atoms with Crippen molar-refractivity contribution in [1.82, 2.24) is 10.2 Å². The molecule has 0 bridgehead atoms. The van der Waals surface area contributed by atoms with Crippen LogP contribution in [0.2, 0.25) is 10.0 Å². The summed E-state index contributed by atoms with van der Waals surface area (Å²) < 4.78 is 7.41. The zero-order valence-corrected chi connectivity index (χ0v) is 25.4. The fourth-order valence-corrected chi connectivity index (χ4v) is 7.35. The van der Waals surface area contributed by atoms with Crippen LogP contribution >= 0.6 is 39.1 Å². The number of nitrogens with zero attached hydrogens (tertiary/aromatic N) is 1. The van der Waals surface area contributed by atoms with Crippen LogP contribution < -0.4 is 15.4 Å². The summed E-state index contributed by atoms with van der Waals surface area (Å²) in [4.78, 5) is 41.4. The summed E-state index contributed by atoms with van der Waals surface area (Å²) in [6, 6.07) is 17.7. The Labute approximate surface area is 256 Å². The van der Waals surface area contributed by atoms with E-state index in [2.05, 4.69) is 26.6 Å². The van der Waals surface area contributed by atoms with Crippen molar-refractivity contribution in [1.29, 1.82) is 0 Å². The molecule has 3 atom stereocenters. The SMILES string of the molecule is CC(=O)N1CCC(Oc2ccc(Br)cc2C2CC(=O)NC(c3cccc(Cl)c3)C23C(=O)Nc2cc(Cl)ccc23)CC1. The van der Waals surface area contributed by atoms with Gasteiger partial charge in [-0.2, -0.15) is 0 Å². The average Bonchev–Trinajstić information content (AvgIpc) is 3.22. The fraction of sp³-hybridized carbons (Fsp3) is 0.323. The highest BCUT2D eigenvalue weighted by Crippen LogP contribution is 2.59. The first kappa shape index (κ1) is 28.1. The van der Waals surface area contributed by atoms with Crippen LogP contribution in [0.5, 0.6) is 5.75 Å². The lowest BCUT2D eigenvalue weighted by molar-refractivity contribution is -0.132. The van der Waals surface area contributed by atoms with Gasteiger partial charge in [0.2, 0.25) is 17.7 Å². The molecule has 3 aromatic rings. The molecular weight excluding hydrogens is 629 g/mol. The summed E-state index contributed by atoms with van der Waals surface area (Å²) >= 11 is 16.4. The highest BCUT2D eigenvalue weighted by atomic mass is 79.9. The molecule has 3 aromatic carbocycles. The Morgan fingerprint density at radius 3 is 2.51 bits per heavy atom. The zero-order valence-electron chi connectivity index (χ0n) is 22.3. The second-order valence-electron chi connectivity index (χ2n) is 10.8. The number of piperidine rings is 2. The van der Waals surface area contributed by atoms with Crippen molar-refractivity contribution in [2.45, 2.75) is 49.7 Å². The van der Waals surface area contributed by atoms with Crippen LogP contribution in [0.15, 0.2) is 65.1 Å². The molecule has 3 aliphatic rings. The third-order valence-electron chi connectivity index (χ3n) is 8.46. The second kappa shape index (κ2) is 11.0. The number of hydrogen-bond donors (Lipinski definition) is 2. The molecule has 212 valence electrons. The summed E-state index contributed by atoms with van der Waals surface area (Å²) in [6.45, 7) is 2.82. The van der Waals surface area contributed by atoms with Crippen LogP contribution in [-0.2, 0) is 19.8 Å². The van der Waals surface area contributed by atoms with Gasteiger partial charge in [-0.1, -0.05) is 57.3 Å². The van der Waals surface area contributed by atoms with E-state index in [1.807, 2.05) is 41.3 Å². The first-order valence-corrected chi connectivity index (χ1v) is 15.1. The Morgan fingerprint density at radius 1 is 1.02 bits per heavy atom. The third kappa shape index (κ3) is 5.00. The van der Waals surface area contributed by atoms with Gasteiger partial charge >= 0.3 is 0 Å². The van der Waals surface area contributed by atoms with Crippen molar-refractivity contribution in [3.63, 3.8) is 0 Å². The van der Waals surface area contributed by atoms with Crippen molar-refractivity contribution in [2.24, 2.45) is 0 Å². The van der Waals surface area contributed by atoms with Crippen LogP contribution in [0.25, 0.3) is 0 Å². The van der Waals surface area contributed by atoms with E-state index in [0.717, 1.165) is 21.2 Å². The van der Waals surface area contributed by atoms with E-state index in [-0.39, 0.29) is 30.2 Å². The summed E-state index contributed by atoms with van der Waals surface area (Å²) in [7, 11) is 0. The van der Waals surface area contributed by atoms with Gasteiger partial charge in [0, 0.05) is 71.0 Å². The van der Waals surface area contributed by atoms with E-state index in [0.29, 0.717) is 47.4 Å². The number of carbonyl (C=O) groups excluding carboxylic acids is 3. The van der Waals surface area contributed by atoms with Gasteiger partial charge in [0.1, 0.15) is 17.3 Å². The number of nitrogens with one attached hydrogen (secondary N) is 2. The molecule has 1 spiro atoms. The lowest BCUT2D eigenvalue weighted by Crippen LogP contribution is -2.56. The molecule has 3 heterocycles. The van der Waals surface area contributed by atoms with Crippen LogP contribution in [0.1, 0.15) is 54.8 Å². The van der Waals surface area contributed by atoms with Crippen molar-refractivity contribution in [3.8, 4) is 5.75 Å². The molecule has 2 saturated heterocycles. The maximum absolute atomic E-state index is 14.3. The van der Waals surface area contributed by atoms with Gasteiger partial charge in [-0.25, -0.2) is 0 Å². The molecule has 41 heavy (non-hydrogen) atoms. The Hall–Kier alpha value is -3.07. The molecule has 2 fully saturated rings. The highest BCUT2D eigenvalue weighted by Gasteiger charge is 2.61. The number of halogens is 3. The summed E-state index contributed by atoms with van der Waals surface area (Å²) in [5, 5.41) is 7.20. The maximum Gasteiger partial charge on any atom is 0.238 e. The zero-order chi connectivity index (χ0) is 28.9. The molecule has 3 amide bonds. The first-order chi connectivity index (χ1) is 19.7. The van der Waals surface area contributed by atoms with Crippen LogP contribution in [0.3, 0.4) is 0 Å². The van der Waals surface area contributed by atoms with Crippen LogP contribution in [-0.4, -0.2) is 41.8 Å². The Morgan fingerprint density at radius 2 is 1.78 bits per heavy atom. The molecule has 6 rings (SSSR count). The number of benzene rings is 3. The largest absolute Gasteiger partial charge is 0.490 e. The summed E-state index contributed by atoms with van der Waals surface area (Å²) in [5.41, 5.74) is 1.64. The standard InChI is InChI=1S/C31H28BrCl2N3O4/c1-17(38)37-11-9-22(10-12-37)41-27-8-5-19(32)14-23(27)25-16-28(39)36-29(18-3-2-4-20(33)13-18)31(25)24-7-6-21(34)15-26(24)35-30(31)40/h2-8,13-15,22,25,29H,9-12,16H2,1H3,(H,35,40)(H,36,39). The predicted molar refractivity (Wildman–Crippen MR) is 161 cm³/mol. The van der Waals surface area contributed by atoms with Crippen molar-refractivity contribution in [3.05, 3.63) is 91.9 Å². The van der Waals surface area contributed by atoms with Crippen LogP contribution in [0.4, 0.5) is 5.69 Å². The van der Waals surface area contributed by atoms with Crippen LogP contribution in [0, 0.1) is 0 Å². The van der Waals surface area contributed by atoms with Crippen molar-refractivity contribution < 1.29 is 19.1 Å². The lowest BCUT2D eigenvalue weighted by atomic mass is 9.59. The van der Waals surface area contributed by atoms with E-state index < -0.39 is 17.4 Å². The normalized spacial score (nSPS) is 24.1. The number of rotatable bonds is 4. The van der Waals surface area contributed by atoms with Gasteiger partial charge < -0.3 is 20.3 Å². The fourth-order valence-electron chi connectivity index (χ4n) is 6.60. The number of anilines is 1.